The minimum absolute atomic E-state index is 0.0797. The van der Waals surface area contributed by atoms with Gasteiger partial charge in [0.15, 0.2) is 0 Å². The second-order valence-corrected chi connectivity index (χ2v) is 5.82. The van der Waals surface area contributed by atoms with Crippen molar-refractivity contribution in [3.05, 3.63) is 12.2 Å². The molecule has 5 nitrogen and oxygen atoms in total. The normalized spacial score (nSPS) is 29.6. The lowest BCUT2D eigenvalue weighted by Crippen LogP contribution is -2.65. The van der Waals surface area contributed by atoms with E-state index in [0.717, 1.165) is 31.3 Å². The standard InChI is InChI=1S/C15H26N2O3/c1-5-10(2)9-16-14(20)17-15(13(18)19)11(3)7-6-8-12(15)4/h11-12H,2,5-9H2,1,3-4H3,(H,18,19)(H2,16,17,20). The molecule has 1 aliphatic carbocycles. The molecule has 1 fully saturated rings. The van der Waals surface area contributed by atoms with Crippen LogP contribution in [0.15, 0.2) is 12.2 Å². The highest BCUT2D eigenvalue weighted by molar-refractivity contribution is 5.87. The van der Waals surface area contributed by atoms with Crippen molar-refractivity contribution in [1.29, 1.82) is 0 Å². The third-order valence-corrected chi connectivity index (χ3v) is 4.50. The van der Waals surface area contributed by atoms with Gasteiger partial charge in [-0.1, -0.05) is 39.3 Å². The summed E-state index contributed by atoms with van der Waals surface area (Å²) in [5.74, 6) is -1.10. The van der Waals surface area contributed by atoms with Crippen molar-refractivity contribution in [3.63, 3.8) is 0 Å². The van der Waals surface area contributed by atoms with Gasteiger partial charge in [0.25, 0.3) is 0 Å². The number of rotatable bonds is 5. The van der Waals surface area contributed by atoms with Gasteiger partial charge in [0.2, 0.25) is 0 Å². The minimum Gasteiger partial charge on any atom is -0.479 e. The van der Waals surface area contributed by atoms with Gasteiger partial charge in [0, 0.05) is 6.54 Å². The van der Waals surface area contributed by atoms with Gasteiger partial charge in [-0.05, 0) is 31.1 Å². The van der Waals surface area contributed by atoms with Crippen LogP contribution in [0.4, 0.5) is 4.79 Å². The number of urea groups is 1. The summed E-state index contributed by atoms with van der Waals surface area (Å²) in [6.45, 7) is 9.95. The smallest absolute Gasteiger partial charge is 0.330 e. The maximum absolute atomic E-state index is 12.0. The molecule has 1 aliphatic rings. The number of carboxylic acid groups (broad SMARTS) is 1. The van der Waals surface area contributed by atoms with Crippen molar-refractivity contribution >= 4 is 12.0 Å². The summed E-state index contributed by atoms with van der Waals surface area (Å²) in [6.07, 6.45) is 3.43. The summed E-state index contributed by atoms with van der Waals surface area (Å²) in [7, 11) is 0. The Morgan fingerprint density at radius 2 is 1.85 bits per heavy atom. The zero-order chi connectivity index (χ0) is 15.3. The SMILES string of the molecule is C=C(CC)CNC(=O)NC1(C(=O)O)C(C)CCCC1C. The monoisotopic (exact) mass is 282 g/mol. The Bertz CT molecular complexity index is 383. The quantitative estimate of drug-likeness (QED) is 0.678. The number of amides is 2. The van der Waals surface area contributed by atoms with Crippen molar-refractivity contribution in [2.75, 3.05) is 6.54 Å². The lowest BCUT2D eigenvalue weighted by Gasteiger charge is -2.44. The van der Waals surface area contributed by atoms with Crippen LogP contribution in [0.25, 0.3) is 0 Å². The van der Waals surface area contributed by atoms with Gasteiger partial charge in [-0.15, -0.1) is 0 Å². The number of aliphatic carboxylic acids is 1. The summed E-state index contributed by atoms with van der Waals surface area (Å²) >= 11 is 0. The van der Waals surface area contributed by atoms with Crippen LogP contribution in [0.1, 0.15) is 46.5 Å². The molecule has 2 atom stereocenters. The second kappa shape index (κ2) is 6.77. The number of carbonyl (C=O) groups excluding carboxylic acids is 1. The Morgan fingerprint density at radius 1 is 1.30 bits per heavy atom. The first-order chi connectivity index (χ1) is 9.34. The Hall–Kier alpha value is -1.52. The molecule has 2 unspecified atom stereocenters. The zero-order valence-corrected chi connectivity index (χ0v) is 12.7. The van der Waals surface area contributed by atoms with Gasteiger partial charge in [0.05, 0.1) is 0 Å². The molecule has 0 aliphatic heterocycles. The van der Waals surface area contributed by atoms with Crippen LogP contribution in [0.3, 0.4) is 0 Å². The molecule has 0 bridgehead atoms. The second-order valence-electron chi connectivity index (χ2n) is 5.82. The minimum atomic E-state index is -1.17. The van der Waals surface area contributed by atoms with Gasteiger partial charge in [-0.25, -0.2) is 9.59 Å². The highest BCUT2D eigenvalue weighted by Gasteiger charge is 2.51. The number of nitrogens with one attached hydrogen (secondary N) is 2. The number of carboxylic acids is 1. The average Bonchev–Trinajstić information content (AvgIpc) is 2.40. The fourth-order valence-electron chi connectivity index (χ4n) is 2.96. The van der Waals surface area contributed by atoms with E-state index in [2.05, 4.69) is 17.2 Å². The molecule has 0 aromatic carbocycles. The maximum Gasteiger partial charge on any atom is 0.330 e. The molecule has 2 amide bonds. The van der Waals surface area contributed by atoms with E-state index >= 15 is 0 Å². The molecule has 0 spiro atoms. The third kappa shape index (κ3) is 3.32. The van der Waals surface area contributed by atoms with Crippen LogP contribution < -0.4 is 10.6 Å². The molecular weight excluding hydrogens is 256 g/mol. The predicted molar refractivity (Wildman–Crippen MR) is 78.5 cm³/mol. The molecule has 1 rings (SSSR count). The van der Waals surface area contributed by atoms with Gasteiger partial charge >= 0.3 is 12.0 Å². The lowest BCUT2D eigenvalue weighted by atomic mass is 9.67. The summed E-state index contributed by atoms with van der Waals surface area (Å²) < 4.78 is 0. The van der Waals surface area contributed by atoms with E-state index in [0.29, 0.717) is 6.54 Å². The van der Waals surface area contributed by atoms with E-state index in [9.17, 15) is 14.7 Å². The van der Waals surface area contributed by atoms with Gasteiger partial charge in [0.1, 0.15) is 5.54 Å². The molecule has 0 radical (unpaired) electrons. The fraction of sp³-hybridized carbons (Fsp3) is 0.733. The highest BCUT2D eigenvalue weighted by Crippen LogP contribution is 2.38. The number of hydrogen-bond acceptors (Lipinski definition) is 2. The van der Waals surface area contributed by atoms with Crippen LogP contribution in [0, 0.1) is 11.8 Å². The van der Waals surface area contributed by atoms with E-state index < -0.39 is 17.5 Å². The lowest BCUT2D eigenvalue weighted by molar-refractivity contribution is -0.151. The van der Waals surface area contributed by atoms with Crippen LogP contribution >= 0.6 is 0 Å². The molecule has 0 saturated heterocycles. The van der Waals surface area contributed by atoms with Crippen molar-refractivity contribution in [3.8, 4) is 0 Å². The van der Waals surface area contributed by atoms with Crippen LogP contribution in [0.5, 0.6) is 0 Å². The zero-order valence-electron chi connectivity index (χ0n) is 12.7. The number of hydrogen-bond donors (Lipinski definition) is 3. The molecule has 0 heterocycles. The molecule has 0 aromatic rings. The maximum atomic E-state index is 12.0. The van der Waals surface area contributed by atoms with Gasteiger partial charge in [-0.2, -0.15) is 0 Å². The van der Waals surface area contributed by atoms with Crippen molar-refractivity contribution in [1.82, 2.24) is 10.6 Å². The largest absolute Gasteiger partial charge is 0.479 e. The Kier molecular flexibility index (Phi) is 5.60. The van der Waals surface area contributed by atoms with E-state index in [1.807, 2.05) is 20.8 Å². The van der Waals surface area contributed by atoms with Crippen molar-refractivity contribution in [2.45, 2.75) is 52.0 Å². The molecular formula is C15H26N2O3. The molecule has 20 heavy (non-hydrogen) atoms. The van der Waals surface area contributed by atoms with E-state index in [-0.39, 0.29) is 11.8 Å². The average molecular weight is 282 g/mol. The van der Waals surface area contributed by atoms with Crippen molar-refractivity contribution < 1.29 is 14.7 Å². The van der Waals surface area contributed by atoms with Crippen LogP contribution in [0.2, 0.25) is 0 Å². The summed E-state index contributed by atoms with van der Waals surface area (Å²) in [5.41, 5.74) is -0.259. The van der Waals surface area contributed by atoms with E-state index in [1.165, 1.54) is 0 Å². The Labute approximate surface area is 120 Å². The van der Waals surface area contributed by atoms with Gasteiger partial charge in [-0.3, -0.25) is 0 Å². The topological polar surface area (TPSA) is 78.4 Å². The highest BCUT2D eigenvalue weighted by atomic mass is 16.4. The number of carbonyl (C=O) groups is 2. The van der Waals surface area contributed by atoms with Crippen LogP contribution in [-0.2, 0) is 4.79 Å². The van der Waals surface area contributed by atoms with Gasteiger partial charge < -0.3 is 15.7 Å². The van der Waals surface area contributed by atoms with E-state index in [1.54, 1.807) is 0 Å². The summed E-state index contributed by atoms with van der Waals surface area (Å²) in [4.78, 5) is 23.8. The van der Waals surface area contributed by atoms with Crippen LogP contribution in [-0.4, -0.2) is 29.2 Å². The molecule has 3 N–H and O–H groups in total. The first-order valence-corrected chi connectivity index (χ1v) is 7.30. The molecule has 114 valence electrons. The molecule has 1 saturated carbocycles. The Balaban J connectivity index is 2.78. The first-order valence-electron chi connectivity index (χ1n) is 7.30. The Morgan fingerprint density at radius 3 is 2.30 bits per heavy atom. The first kappa shape index (κ1) is 16.5. The predicted octanol–water partition coefficient (Wildman–Crippen LogP) is 2.53. The summed E-state index contributed by atoms with van der Waals surface area (Å²) in [6, 6.07) is -0.428. The summed E-state index contributed by atoms with van der Waals surface area (Å²) in [5, 5.41) is 15.1. The third-order valence-electron chi connectivity index (χ3n) is 4.50. The fourth-order valence-corrected chi connectivity index (χ4v) is 2.96. The van der Waals surface area contributed by atoms with E-state index in [4.69, 9.17) is 0 Å². The van der Waals surface area contributed by atoms with Crippen molar-refractivity contribution in [2.24, 2.45) is 11.8 Å². The molecule has 5 heteroatoms. The molecule has 0 aromatic heterocycles.